The van der Waals surface area contributed by atoms with Gasteiger partial charge >= 0.3 is 11.9 Å². The van der Waals surface area contributed by atoms with Gasteiger partial charge in [0.05, 0.1) is 35.1 Å². The van der Waals surface area contributed by atoms with Gasteiger partial charge in [0.25, 0.3) is 0 Å². The predicted molar refractivity (Wildman–Crippen MR) is 159 cm³/mol. The van der Waals surface area contributed by atoms with Crippen LogP contribution in [-0.2, 0) is 33.5 Å². The maximum Gasteiger partial charge on any atom is 0.334 e. The van der Waals surface area contributed by atoms with Crippen molar-refractivity contribution in [1.29, 1.82) is 0 Å². The minimum atomic E-state index is -1.67. The minimum absolute atomic E-state index is 0.00731. The molecule has 5 N–H and O–H groups in total. The number of carbonyl (C=O) groups excluding carboxylic acids is 5. The van der Waals surface area contributed by atoms with Crippen molar-refractivity contribution in [2.45, 2.75) is 84.8 Å². The Balaban J connectivity index is 0.000000248. The number of allylic oxidation sites excluding steroid dienone is 2. The van der Waals surface area contributed by atoms with Crippen LogP contribution < -0.4 is 5.32 Å². The standard InChI is InChI=1S/C16H25NO7S.C15H18O4/c1-7(2)12(20)16(5-11(19)8(3)13(16)21)15(24)25-6-10(14(22)23)17-9(4)18;1-7-6-10-12(8(2)14(18)19-10)13(17)15(3)9(7)4-5-11(15)16/h7-8,10,12-13,20-21H,5-6H2,1-4H3,(H,17,18)(H,22,23);4-5,7,9-10,12-13,17H,2,6H2,1,3H3/t8-,10-,12-,13-,16-;7-,9+,10+,12+,13-,15-/m00/s1. The Labute approximate surface area is 260 Å². The van der Waals surface area contributed by atoms with E-state index in [2.05, 4.69) is 11.9 Å². The fourth-order valence-corrected chi connectivity index (χ4v) is 8.18. The molecule has 12 nitrogen and oxygen atoms in total. The Morgan fingerprint density at radius 1 is 1.16 bits per heavy atom. The van der Waals surface area contributed by atoms with Gasteiger partial charge in [0, 0.05) is 30.6 Å². The number of rotatable bonds is 7. The van der Waals surface area contributed by atoms with Crippen LogP contribution in [0.25, 0.3) is 0 Å². The van der Waals surface area contributed by atoms with E-state index in [1.807, 2.05) is 13.0 Å². The number of ketones is 2. The van der Waals surface area contributed by atoms with Gasteiger partial charge in [0.2, 0.25) is 11.0 Å². The van der Waals surface area contributed by atoms with Crippen LogP contribution in [0.15, 0.2) is 24.3 Å². The molecule has 0 radical (unpaired) electrons. The summed E-state index contributed by atoms with van der Waals surface area (Å²) in [6.07, 6.45) is -0.0557. The molecule has 0 spiro atoms. The lowest BCUT2D eigenvalue weighted by molar-refractivity contribution is -0.141. The Bertz CT molecular complexity index is 1260. The van der Waals surface area contributed by atoms with Crippen LogP contribution in [0, 0.1) is 40.4 Å². The second kappa shape index (κ2) is 13.2. The topological polar surface area (TPSA) is 205 Å². The Kier molecular flexibility index (Phi) is 10.7. The van der Waals surface area contributed by atoms with Crippen molar-refractivity contribution in [3.63, 3.8) is 0 Å². The first-order valence-electron chi connectivity index (χ1n) is 14.7. The van der Waals surface area contributed by atoms with E-state index in [1.54, 1.807) is 26.8 Å². The van der Waals surface area contributed by atoms with Crippen molar-refractivity contribution >= 4 is 46.3 Å². The molecule has 11 atom stereocenters. The van der Waals surface area contributed by atoms with E-state index in [0.29, 0.717) is 23.8 Å². The number of carboxylic acid groups (broad SMARTS) is 1. The number of carboxylic acids is 1. The lowest BCUT2D eigenvalue weighted by Crippen LogP contribution is -2.51. The number of amides is 1. The van der Waals surface area contributed by atoms with Crippen LogP contribution in [0.4, 0.5) is 0 Å². The number of hydrogen-bond donors (Lipinski definition) is 5. The highest BCUT2D eigenvalue weighted by atomic mass is 32.2. The molecule has 1 amide bonds. The lowest BCUT2D eigenvalue weighted by Gasteiger charge is -2.37. The van der Waals surface area contributed by atoms with Gasteiger partial charge in [-0.3, -0.25) is 19.2 Å². The van der Waals surface area contributed by atoms with E-state index in [0.717, 1.165) is 6.92 Å². The van der Waals surface area contributed by atoms with E-state index in [-0.39, 0.29) is 47.6 Å². The highest BCUT2D eigenvalue weighted by molar-refractivity contribution is 8.13. The molecule has 244 valence electrons. The van der Waals surface area contributed by atoms with Crippen LogP contribution in [0.5, 0.6) is 0 Å². The van der Waals surface area contributed by atoms with Crippen molar-refractivity contribution in [2.75, 3.05) is 5.75 Å². The van der Waals surface area contributed by atoms with E-state index in [9.17, 15) is 44.1 Å². The summed E-state index contributed by atoms with van der Waals surface area (Å²) < 4.78 is 5.31. The molecule has 2 saturated carbocycles. The molecular weight excluding hydrogens is 594 g/mol. The van der Waals surface area contributed by atoms with E-state index in [4.69, 9.17) is 9.84 Å². The highest BCUT2D eigenvalue weighted by Crippen LogP contribution is 2.53. The summed E-state index contributed by atoms with van der Waals surface area (Å²) >= 11 is 0.598. The molecule has 3 fully saturated rings. The Morgan fingerprint density at radius 2 is 1.77 bits per heavy atom. The number of carbonyl (C=O) groups is 6. The molecule has 1 aliphatic heterocycles. The highest BCUT2D eigenvalue weighted by Gasteiger charge is 2.61. The maximum absolute atomic E-state index is 12.8. The van der Waals surface area contributed by atoms with E-state index in [1.165, 1.54) is 6.92 Å². The van der Waals surface area contributed by atoms with E-state index < -0.39 is 70.0 Å². The number of aliphatic hydroxyl groups excluding tert-OH is 3. The number of thioether (sulfide) groups is 1. The average Bonchev–Trinajstić information content (AvgIpc) is 3.47. The zero-order chi connectivity index (χ0) is 33.5. The van der Waals surface area contributed by atoms with Gasteiger partial charge in [-0.1, -0.05) is 52.1 Å². The molecule has 4 aliphatic rings. The first-order chi connectivity index (χ1) is 20.3. The number of ether oxygens (including phenoxy) is 1. The summed E-state index contributed by atoms with van der Waals surface area (Å²) in [5.41, 5.74) is -2.24. The van der Waals surface area contributed by atoms with Crippen molar-refractivity contribution in [1.82, 2.24) is 5.32 Å². The quantitative estimate of drug-likeness (QED) is 0.196. The van der Waals surface area contributed by atoms with Gasteiger partial charge in [-0.15, -0.1) is 0 Å². The van der Waals surface area contributed by atoms with Crippen molar-refractivity contribution in [3.8, 4) is 0 Å². The molecule has 3 aliphatic carbocycles. The first kappa shape index (κ1) is 35.6. The molecule has 0 bridgehead atoms. The molecule has 1 heterocycles. The van der Waals surface area contributed by atoms with Gasteiger partial charge < -0.3 is 30.5 Å². The summed E-state index contributed by atoms with van der Waals surface area (Å²) in [5, 5.41) is 42.4. The monoisotopic (exact) mass is 637 g/mol. The molecule has 1 saturated heterocycles. The minimum Gasteiger partial charge on any atom is -0.480 e. The third-order valence-electron chi connectivity index (χ3n) is 9.75. The van der Waals surface area contributed by atoms with Crippen LogP contribution in [0.1, 0.15) is 54.4 Å². The van der Waals surface area contributed by atoms with Crippen LogP contribution >= 0.6 is 11.8 Å². The zero-order valence-electron chi connectivity index (χ0n) is 25.8. The first-order valence-corrected chi connectivity index (χ1v) is 15.7. The third kappa shape index (κ3) is 6.16. The summed E-state index contributed by atoms with van der Waals surface area (Å²) in [6.45, 7) is 13.6. The van der Waals surface area contributed by atoms with Gasteiger partial charge in [-0.2, -0.15) is 0 Å². The molecule has 4 rings (SSSR count). The van der Waals surface area contributed by atoms with Crippen molar-refractivity contribution in [3.05, 3.63) is 24.3 Å². The molecule has 0 aromatic carbocycles. The average molecular weight is 638 g/mol. The van der Waals surface area contributed by atoms with Gasteiger partial charge in [0.15, 0.2) is 5.78 Å². The van der Waals surface area contributed by atoms with Crippen LogP contribution in [0.2, 0.25) is 0 Å². The number of aliphatic carboxylic acids is 1. The van der Waals surface area contributed by atoms with Gasteiger partial charge in [-0.25, -0.2) is 9.59 Å². The normalized spacial score (nSPS) is 37.4. The maximum atomic E-state index is 12.8. The molecule has 0 aromatic rings. The number of aliphatic hydroxyl groups is 3. The van der Waals surface area contributed by atoms with Crippen molar-refractivity contribution < 1.29 is 53.9 Å². The summed E-state index contributed by atoms with van der Waals surface area (Å²) in [7, 11) is 0. The smallest absolute Gasteiger partial charge is 0.334 e. The van der Waals surface area contributed by atoms with Crippen LogP contribution in [0.3, 0.4) is 0 Å². The Hall–Kier alpha value is -2.87. The number of hydrogen-bond acceptors (Lipinski definition) is 11. The molecule has 44 heavy (non-hydrogen) atoms. The molecule has 13 heteroatoms. The van der Waals surface area contributed by atoms with Crippen LogP contribution in [-0.4, -0.2) is 91.2 Å². The van der Waals surface area contributed by atoms with E-state index >= 15 is 0 Å². The Morgan fingerprint density at radius 3 is 2.27 bits per heavy atom. The largest absolute Gasteiger partial charge is 0.480 e. The molecule has 0 unspecified atom stereocenters. The van der Waals surface area contributed by atoms with Gasteiger partial charge in [0.1, 0.15) is 17.9 Å². The lowest BCUT2D eigenvalue weighted by atomic mass is 9.67. The second-order valence-corrected chi connectivity index (χ2v) is 14.0. The van der Waals surface area contributed by atoms with Crippen molar-refractivity contribution in [2.24, 2.45) is 40.4 Å². The fourth-order valence-electron chi connectivity index (χ4n) is 7.06. The SMILES string of the molecule is C=C1C(=O)O[C@@H]2C[C@H](C)[C@H]3C=CC(=O)[C@@]3(C)[C@@H](O)[C@H]12.CC(=O)N[C@@H](CSC(=O)[C@]1([C@@H](O)C(C)C)CC(=O)[C@H](C)[C@@H]1O)C(=O)O. The predicted octanol–water partition coefficient (Wildman–Crippen LogP) is 1.05. The van der Waals surface area contributed by atoms with Gasteiger partial charge in [-0.05, 0) is 37.2 Å². The summed E-state index contributed by atoms with van der Waals surface area (Å²) in [4.78, 5) is 70.9. The number of esters is 1. The fraction of sp³-hybridized carbons (Fsp3) is 0.677. The molecule has 0 aromatic heterocycles. The number of Topliss-reactive ketones (excluding diaryl/α,β-unsaturated/α-hetero) is 1. The molecular formula is C31H43NO11S. The number of nitrogens with one attached hydrogen (secondary N) is 1. The zero-order valence-corrected chi connectivity index (χ0v) is 26.6. The summed E-state index contributed by atoms with van der Waals surface area (Å²) in [6, 6.07) is -1.29. The third-order valence-corrected chi connectivity index (χ3v) is 10.9. The second-order valence-electron chi connectivity index (χ2n) is 13.0. The summed E-state index contributed by atoms with van der Waals surface area (Å²) in [5.74, 6) is -4.42. The number of fused-ring (bicyclic) bond motifs is 2.